The molecule has 25 heavy (non-hydrogen) atoms. The van der Waals surface area contributed by atoms with Crippen LogP contribution in [0.4, 0.5) is 23.0 Å². The van der Waals surface area contributed by atoms with Gasteiger partial charge in [-0.25, -0.2) is 9.97 Å². The van der Waals surface area contributed by atoms with E-state index >= 15 is 0 Å². The van der Waals surface area contributed by atoms with Gasteiger partial charge in [0.25, 0.3) is 0 Å². The highest BCUT2D eigenvalue weighted by Crippen LogP contribution is 2.28. The summed E-state index contributed by atoms with van der Waals surface area (Å²) < 4.78 is 0. The zero-order valence-electron chi connectivity index (χ0n) is 15.1. The van der Waals surface area contributed by atoms with Crippen LogP contribution in [0.5, 0.6) is 0 Å². The quantitative estimate of drug-likeness (QED) is 0.665. The van der Waals surface area contributed by atoms with Gasteiger partial charge in [0.05, 0.1) is 0 Å². The van der Waals surface area contributed by atoms with Gasteiger partial charge in [0.1, 0.15) is 12.0 Å². The predicted molar refractivity (Wildman–Crippen MR) is 105 cm³/mol. The molecule has 1 aliphatic carbocycles. The molecule has 0 aliphatic heterocycles. The van der Waals surface area contributed by atoms with E-state index in [4.69, 9.17) is 5.73 Å². The van der Waals surface area contributed by atoms with Crippen molar-refractivity contribution in [3.8, 4) is 0 Å². The zero-order valence-corrected chi connectivity index (χ0v) is 15.1. The van der Waals surface area contributed by atoms with Gasteiger partial charge in [-0.05, 0) is 63.1 Å². The van der Waals surface area contributed by atoms with Crippen LogP contribution < -0.4 is 16.4 Å². The van der Waals surface area contributed by atoms with Crippen LogP contribution in [0.25, 0.3) is 0 Å². The van der Waals surface area contributed by atoms with Crippen LogP contribution in [0.3, 0.4) is 0 Å². The number of allylic oxidation sites excluding steroid dienone is 1. The predicted octanol–water partition coefficient (Wildman–Crippen LogP) is 4.72. The van der Waals surface area contributed by atoms with Gasteiger partial charge >= 0.3 is 0 Å². The van der Waals surface area contributed by atoms with E-state index in [2.05, 4.69) is 58.7 Å². The number of benzene rings is 1. The van der Waals surface area contributed by atoms with E-state index in [1.165, 1.54) is 31.2 Å². The lowest BCUT2D eigenvalue weighted by Gasteiger charge is -2.16. The molecule has 1 heterocycles. The van der Waals surface area contributed by atoms with Crippen LogP contribution in [0.15, 0.2) is 36.2 Å². The summed E-state index contributed by atoms with van der Waals surface area (Å²) in [5, 5.41) is 6.69. The van der Waals surface area contributed by atoms with Crippen molar-refractivity contribution in [1.82, 2.24) is 9.97 Å². The fourth-order valence-electron chi connectivity index (χ4n) is 3.11. The topological polar surface area (TPSA) is 75.9 Å². The summed E-state index contributed by atoms with van der Waals surface area (Å²) in [5.41, 5.74) is 11.7. The number of hydrogen-bond donors (Lipinski definition) is 3. The molecule has 0 fully saturated rings. The number of aryl methyl sites for hydroxylation is 2. The molecule has 4 N–H and O–H groups in total. The maximum Gasteiger partial charge on any atom is 0.159 e. The number of anilines is 4. The van der Waals surface area contributed by atoms with Gasteiger partial charge in [-0.15, -0.1) is 0 Å². The Hall–Kier alpha value is -2.56. The number of nitrogens with two attached hydrogens (primary N) is 1. The van der Waals surface area contributed by atoms with Crippen LogP contribution in [-0.2, 0) is 0 Å². The molecule has 0 radical (unpaired) electrons. The molecular weight excluding hydrogens is 310 g/mol. The summed E-state index contributed by atoms with van der Waals surface area (Å²) in [7, 11) is 0. The Kier molecular flexibility index (Phi) is 5.53. The number of hydrogen-bond acceptors (Lipinski definition) is 5. The van der Waals surface area contributed by atoms with Crippen LogP contribution >= 0.6 is 0 Å². The summed E-state index contributed by atoms with van der Waals surface area (Å²) in [6.45, 7) is 4.98. The van der Waals surface area contributed by atoms with E-state index in [0.29, 0.717) is 17.3 Å². The van der Waals surface area contributed by atoms with Gasteiger partial charge in [0.2, 0.25) is 0 Å². The summed E-state index contributed by atoms with van der Waals surface area (Å²) in [6, 6.07) is 6.28. The number of nitrogens with one attached hydrogen (secondary N) is 2. The Balaban J connectivity index is 1.67. The molecule has 5 heteroatoms. The largest absolute Gasteiger partial charge is 0.393 e. The molecule has 1 aromatic heterocycles. The fourth-order valence-corrected chi connectivity index (χ4v) is 3.11. The molecule has 1 aliphatic rings. The molecule has 3 rings (SSSR count). The lowest BCUT2D eigenvalue weighted by atomic mass is 9.97. The maximum absolute atomic E-state index is 6.27. The van der Waals surface area contributed by atoms with E-state index in [-0.39, 0.29) is 0 Å². The van der Waals surface area contributed by atoms with Gasteiger partial charge in [-0.1, -0.05) is 23.8 Å². The van der Waals surface area contributed by atoms with Crippen molar-refractivity contribution in [2.75, 3.05) is 22.9 Å². The van der Waals surface area contributed by atoms with Crippen molar-refractivity contribution in [2.24, 2.45) is 0 Å². The highest BCUT2D eigenvalue weighted by Gasteiger charge is 2.10. The zero-order chi connectivity index (χ0) is 17.6. The first kappa shape index (κ1) is 17.3. The first-order valence-electron chi connectivity index (χ1n) is 9.00. The second-order valence-electron chi connectivity index (χ2n) is 6.71. The third kappa shape index (κ3) is 4.50. The van der Waals surface area contributed by atoms with Gasteiger partial charge in [0, 0.05) is 12.2 Å². The van der Waals surface area contributed by atoms with Gasteiger partial charge < -0.3 is 16.4 Å². The Labute approximate surface area is 149 Å². The highest BCUT2D eigenvalue weighted by molar-refractivity contribution is 5.78. The molecule has 0 unspecified atom stereocenters. The summed E-state index contributed by atoms with van der Waals surface area (Å²) in [5.74, 6) is 1.34. The van der Waals surface area contributed by atoms with Crippen molar-refractivity contribution < 1.29 is 0 Å². The number of aromatic nitrogens is 2. The third-order valence-electron chi connectivity index (χ3n) is 4.65. The lowest BCUT2D eigenvalue weighted by Crippen LogP contribution is -2.10. The second kappa shape index (κ2) is 8.01. The highest BCUT2D eigenvalue weighted by atomic mass is 15.1. The van der Waals surface area contributed by atoms with E-state index < -0.39 is 0 Å². The van der Waals surface area contributed by atoms with Crippen molar-refractivity contribution >= 4 is 23.0 Å². The minimum Gasteiger partial charge on any atom is -0.393 e. The van der Waals surface area contributed by atoms with Crippen molar-refractivity contribution in [2.45, 2.75) is 46.0 Å². The van der Waals surface area contributed by atoms with Crippen molar-refractivity contribution in [3.05, 3.63) is 47.3 Å². The molecule has 0 saturated heterocycles. The average Bonchev–Trinajstić information content (AvgIpc) is 2.62. The first-order valence-corrected chi connectivity index (χ1v) is 9.00. The van der Waals surface area contributed by atoms with E-state index in [0.717, 1.165) is 24.2 Å². The summed E-state index contributed by atoms with van der Waals surface area (Å²) >= 11 is 0. The molecule has 0 saturated carbocycles. The molecule has 2 aromatic rings. The first-order chi connectivity index (χ1) is 12.1. The van der Waals surface area contributed by atoms with E-state index in [1.54, 1.807) is 11.9 Å². The SMILES string of the molecule is Cc1ccc(C)c(Nc2ncnc(NCCC3=CCCCC3)c2N)c1. The Morgan fingerprint density at radius 2 is 1.96 bits per heavy atom. The van der Waals surface area contributed by atoms with Crippen LogP contribution in [0.2, 0.25) is 0 Å². The third-order valence-corrected chi connectivity index (χ3v) is 4.65. The second-order valence-corrected chi connectivity index (χ2v) is 6.71. The van der Waals surface area contributed by atoms with Crippen molar-refractivity contribution in [3.63, 3.8) is 0 Å². The molecule has 0 bridgehead atoms. The molecule has 0 atom stereocenters. The van der Waals surface area contributed by atoms with Gasteiger partial charge in [0.15, 0.2) is 11.6 Å². The number of nitrogens with zero attached hydrogens (tertiary/aromatic N) is 2. The van der Waals surface area contributed by atoms with Crippen LogP contribution in [-0.4, -0.2) is 16.5 Å². The van der Waals surface area contributed by atoms with Crippen LogP contribution in [0.1, 0.15) is 43.2 Å². The Morgan fingerprint density at radius 1 is 1.12 bits per heavy atom. The normalized spacial score (nSPS) is 14.1. The Morgan fingerprint density at radius 3 is 2.76 bits per heavy atom. The molecule has 0 spiro atoms. The Bertz CT molecular complexity index is 767. The standard InChI is InChI=1S/C20H27N5/c1-14-8-9-15(2)17(12-14)25-20-18(21)19(23-13-24-20)22-11-10-16-6-4-3-5-7-16/h6,8-9,12-13H,3-5,7,10-11,21H2,1-2H3,(H2,22,23,24,25). The molecule has 1 aromatic carbocycles. The van der Waals surface area contributed by atoms with E-state index in [9.17, 15) is 0 Å². The van der Waals surface area contributed by atoms with Gasteiger partial charge in [-0.3, -0.25) is 0 Å². The number of rotatable bonds is 6. The smallest absolute Gasteiger partial charge is 0.159 e. The lowest BCUT2D eigenvalue weighted by molar-refractivity contribution is 0.679. The van der Waals surface area contributed by atoms with Crippen LogP contribution in [0, 0.1) is 13.8 Å². The monoisotopic (exact) mass is 337 g/mol. The van der Waals surface area contributed by atoms with E-state index in [1.807, 2.05) is 0 Å². The minimum absolute atomic E-state index is 0.557. The molecule has 5 nitrogen and oxygen atoms in total. The molecular formula is C20H27N5. The number of nitrogen functional groups attached to an aromatic ring is 1. The summed E-state index contributed by atoms with van der Waals surface area (Å²) in [6.07, 6.45) is 10.0. The van der Waals surface area contributed by atoms with Gasteiger partial charge in [-0.2, -0.15) is 0 Å². The molecule has 132 valence electrons. The summed E-state index contributed by atoms with van der Waals surface area (Å²) in [4.78, 5) is 8.60. The molecule has 0 amide bonds. The minimum atomic E-state index is 0.557. The van der Waals surface area contributed by atoms with Crippen molar-refractivity contribution in [1.29, 1.82) is 0 Å². The maximum atomic E-state index is 6.27. The average molecular weight is 337 g/mol. The fraction of sp³-hybridized carbons (Fsp3) is 0.400.